The van der Waals surface area contributed by atoms with Gasteiger partial charge >= 0.3 is 0 Å². The topological polar surface area (TPSA) is 73.8 Å². The fourth-order valence-electron chi connectivity index (χ4n) is 9.72. The van der Waals surface area contributed by atoms with Crippen LogP contribution in [0.5, 0.6) is 46.0 Å². The molecule has 0 amide bonds. The molecule has 346 valence electrons. The zero-order chi connectivity index (χ0) is 45.7. The normalized spacial score (nSPS) is 14.3. The lowest BCUT2D eigenvalue weighted by Crippen LogP contribution is -2.09. The molecule has 0 N–H and O–H groups in total. The molecule has 68 heavy (non-hydrogen) atoms. The summed E-state index contributed by atoms with van der Waals surface area (Å²) >= 11 is 0. The van der Waals surface area contributed by atoms with Crippen LogP contribution in [0.3, 0.4) is 0 Å². The molecule has 8 nitrogen and oxygen atoms in total. The van der Waals surface area contributed by atoms with Gasteiger partial charge in [-0.3, -0.25) is 0 Å². The van der Waals surface area contributed by atoms with Crippen LogP contribution >= 0.6 is 0 Å². The van der Waals surface area contributed by atoms with Crippen molar-refractivity contribution in [3.8, 4) is 57.1 Å². The van der Waals surface area contributed by atoms with Crippen LogP contribution in [-0.2, 0) is 0 Å². The van der Waals surface area contributed by atoms with E-state index in [-0.39, 0.29) is 27.2 Å². The summed E-state index contributed by atoms with van der Waals surface area (Å²) in [6, 6.07) is 56.5. The highest BCUT2D eigenvalue weighted by molar-refractivity contribution is 6.09. The SMILES string of the molecule is c1ccc2c(-c3c(OCOc4ccc(OCOc5ccc(C6CCCCC6)cc5)cc4)ccc4ccccc34)c(OCOc3ccc(OCOc4ccc(C5CCCCC5)cc4)cc3)ccc2c1. The van der Waals surface area contributed by atoms with Crippen LogP contribution in [0.2, 0.25) is 0 Å². The summed E-state index contributed by atoms with van der Waals surface area (Å²) in [6.07, 6.45) is 13.1. The maximum absolute atomic E-state index is 6.48. The number of ether oxygens (including phenoxy) is 8. The number of hydrogen-bond donors (Lipinski definition) is 0. The van der Waals surface area contributed by atoms with Crippen molar-refractivity contribution in [2.24, 2.45) is 0 Å². The predicted octanol–water partition coefficient (Wildman–Crippen LogP) is 15.4. The Morgan fingerprint density at radius 2 is 0.574 bits per heavy atom. The molecule has 0 radical (unpaired) electrons. The number of fused-ring (bicyclic) bond motifs is 2. The first-order valence-electron chi connectivity index (χ1n) is 24.2. The molecule has 0 bridgehead atoms. The van der Waals surface area contributed by atoms with E-state index in [1.165, 1.54) is 75.3 Å². The quantitative estimate of drug-likeness (QED) is 0.0743. The third-order valence-corrected chi connectivity index (χ3v) is 13.4. The third-order valence-electron chi connectivity index (χ3n) is 13.4. The van der Waals surface area contributed by atoms with Gasteiger partial charge in [-0.15, -0.1) is 0 Å². The first-order valence-corrected chi connectivity index (χ1v) is 24.2. The summed E-state index contributed by atoms with van der Waals surface area (Å²) in [5.41, 5.74) is 4.60. The smallest absolute Gasteiger partial charge is 0.230 e. The van der Waals surface area contributed by atoms with Gasteiger partial charge in [-0.25, -0.2) is 0 Å². The molecule has 0 spiro atoms. The molecule has 0 heterocycles. The van der Waals surface area contributed by atoms with Crippen molar-refractivity contribution < 1.29 is 37.9 Å². The first kappa shape index (κ1) is 44.5. The average molecular weight is 907 g/mol. The van der Waals surface area contributed by atoms with Crippen LogP contribution in [-0.4, -0.2) is 27.2 Å². The van der Waals surface area contributed by atoms with Crippen molar-refractivity contribution in [2.45, 2.75) is 76.0 Å². The van der Waals surface area contributed by atoms with Crippen molar-refractivity contribution >= 4 is 21.5 Å². The van der Waals surface area contributed by atoms with Gasteiger partial charge in [0.2, 0.25) is 27.2 Å². The molecule has 8 aromatic carbocycles. The molecule has 0 unspecified atom stereocenters. The minimum atomic E-state index is -0.0190. The van der Waals surface area contributed by atoms with E-state index in [2.05, 4.69) is 60.7 Å². The number of benzene rings is 8. The van der Waals surface area contributed by atoms with Crippen molar-refractivity contribution in [3.05, 3.63) is 181 Å². The summed E-state index contributed by atoms with van der Waals surface area (Å²) in [5, 5.41) is 4.18. The van der Waals surface area contributed by atoms with Crippen molar-refractivity contribution in [3.63, 3.8) is 0 Å². The standard InChI is InChI=1S/C60H58O8/c1-3-11-43(12-4-1)45-19-25-49(26-20-45)61-39-63-51-29-33-53(34-30-51)65-41-67-57-37-23-47-15-7-9-17-55(47)59(57)60-56-18-10-8-16-48(56)24-38-58(60)68-42-66-54-35-31-52(32-36-54)64-40-62-50-27-21-46(22-28-50)44-13-5-2-6-14-44/h7-10,15-38,43-44H,1-6,11-14,39-42H2. The zero-order valence-electron chi connectivity index (χ0n) is 38.5. The highest BCUT2D eigenvalue weighted by Gasteiger charge is 2.21. The second kappa shape index (κ2) is 22.0. The number of rotatable bonds is 19. The third kappa shape index (κ3) is 11.1. The Hall–Kier alpha value is -7.32. The van der Waals surface area contributed by atoms with Gasteiger partial charge in [0.25, 0.3) is 0 Å². The van der Waals surface area contributed by atoms with Gasteiger partial charge in [0, 0.05) is 11.1 Å². The lowest BCUT2D eigenvalue weighted by atomic mass is 9.84. The monoisotopic (exact) mass is 906 g/mol. The number of hydrogen-bond acceptors (Lipinski definition) is 8. The minimum Gasteiger partial charge on any atom is -0.458 e. The van der Waals surface area contributed by atoms with Crippen LogP contribution in [0.25, 0.3) is 32.7 Å². The molecule has 0 atom stereocenters. The average Bonchev–Trinajstić information content (AvgIpc) is 3.40. The minimum absolute atomic E-state index is 0.0190. The summed E-state index contributed by atoms with van der Waals surface area (Å²) in [5.74, 6) is 6.90. The van der Waals surface area contributed by atoms with Crippen molar-refractivity contribution in [1.82, 2.24) is 0 Å². The Morgan fingerprint density at radius 1 is 0.279 bits per heavy atom. The van der Waals surface area contributed by atoms with Gasteiger partial charge in [0.05, 0.1) is 0 Å². The molecule has 2 aliphatic carbocycles. The Balaban J connectivity index is 0.760. The Labute approximate surface area is 399 Å². The van der Waals surface area contributed by atoms with Gasteiger partial charge in [0.1, 0.15) is 46.0 Å². The lowest BCUT2D eigenvalue weighted by Gasteiger charge is -2.22. The highest BCUT2D eigenvalue weighted by atomic mass is 16.7. The first-order chi connectivity index (χ1) is 33.7. The van der Waals surface area contributed by atoms with Crippen LogP contribution in [0.1, 0.15) is 87.2 Å². The molecule has 10 rings (SSSR count). The van der Waals surface area contributed by atoms with E-state index >= 15 is 0 Å². The van der Waals surface area contributed by atoms with Gasteiger partial charge in [-0.2, -0.15) is 0 Å². The second-order valence-corrected chi connectivity index (χ2v) is 17.7. The lowest BCUT2D eigenvalue weighted by molar-refractivity contribution is 0.115. The Morgan fingerprint density at radius 3 is 0.912 bits per heavy atom. The largest absolute Gasteiger partial charge is 0.458 e. The summed E-state index contributed by atoms with van der Waals surface area (Å²) < 4.78 is 48.8. The van der Waals surface area contributed by atoms with E-state index in [1.807, 2.05) is 109 Å². The molecular weight excluding hydrogens is 849 g/mol. The maximum atomic E-state index is 6.48. The van der Waals surface area contributed by atoms with Gasteiger partial charge in [-0.05, 0) is 155 Å². The second-order valence-electron chi connectivity index (χ2n) is 17.7. The zero-order valence-corrected chi connectivity index (χ0v) is 38.5. The summed E-state index contributed by atoms with van der Waals surface area (Å²) in [6.45, 7) is 0.181. The van der Waals surface area contributed by atoms with Gasteiger partial charge in [0.15, 0.2) is 0 Å². The molecule has 2 aliphatic rings. The molecule has 8 aromatic rings. The highest BCUT2D eigenvalue weighted by Crippen LogP contribution is 2.46. The van der Waals surface area contributed by atoms with E-state index in [4.69, 9.17) is 37.9 Å². The van der Waals surface area contributed by atoms with Crippen LogP contribution < -0.4 is 37.9 Å². The molecule has 2 saturated carbocycles. The molecule has 8 heteroatoms. The van der Waals surface area contributed by atoms with E-state index in [1.54, 1.807) is 0 Å². The van der Waals surface area contributed by atoms with Gasteiger partial charge < -0.3 is 37.9 Å². The van der Waals surface area contributed by atoms with Crippen LogP contribution in [0.15, 0.2) is 170 Å². The fraction of sp³-hybridized carbons (Fsp3) is 0.267. The molecule has 0 saturated heterocycles. The van der Waals surface area contributed by atoms with E-state index in [9.17, 15) is 0 Å². The molecule has 0 aromatic heterocycles. The van der Waals surface area contributed by atoms with Crippen molar-refractivity contribution in [2.75, 3.05) is 27.2 Å². The van der Waals surface area contributed by atoms with Crippen LogP contribution in [0.4, 0.5) is 0 Å². The van der Waals surface area contributed by atoms with Crippen LogP contribution in [0, 0.1) is 0 Å². The van der Waals surface area contributed by atoms with E-state index in [0.29, 0.717) is 46.3 Å². The molecule has 0 aliphatic heterocycles. The summed E-state index contributed by atoms with van der Waals surface area (Å²) in [4.78, 5) is 0. The summed E-state index contributed by atoms with van der Waals surface area (Å²) in [7, 11) is 0. The predicted molar refractivity (Wildman–Crippen MR) is 269 cm³/mol. The Bertz CT molecular complexity index is 2650. The molecular formula is C60H58O8. The van der Waals surface area contributed by atoms with E-state index in [0.717, 1.165) is 44.2 Å². The molecule has 2 fully saturated rings. The van der Waals surface area contributed by atoms with Gasteiger partial charge in [-0.1, -0.05) is 123 Å². The van der Waals surface area contributed by atoms with E-state index < -0.39 is 0 Å². The fourth-order valence-corrected chi connectivity index (χ4v) is 9.72. The maximum Gasteiger partial charge on any atom is 0.230 e. The van der Waals surface area contributed by atoms with Crippen molar-refractivity contribution in [1.29, 1.82) is 0 Å². The Kier molecular flexibility index (Phi) is 14.4.